The fraction of sp³-hybridized carbons (Fsp3) is 0. The largest absolute Gasteiger partial charge is 0.298 e. The second-order valence-corrected chi connectivity index (χ2v) is 6.57. The van der Waals surface area contributed by atoms with Crippen LogP contribution in [-0.2, 0) is 0 Å². The number of nitro benzene ring substituents is 1. The summed E-state index contributed by atoms with van der Waals surface area (Å²) in [6.45, 7) is 0. The Kier molecular flexibility index (Phi) is 4.98. The molecule has 25 heavy (non-hydrogen) atoms. The van der Waals surface area contributed by atoms with Crippen LogP contribution < -0.4 is 5.32 Å². The molecular weight excluding hydrogens is 385 g/mol. The number of nitrogens with zero attached hydrogens (tertiary/aromatic N) is 2. The molecule has 1 heterocycles. The summed E-state index contributed by atoms with van der Waals surface area (Å²) in [5.74, 6) is -0.595. The van der Waals surface area contributed by atoms with E-state index >= 15 is 0 Å². The number of amides is 1. The van der Waals surface area contributed by atoms with E-state index < -0.39 is 10.8 Å². The predicted molar refractivity (Wildman–Crippen MR) is 98.6 cm³/mol. The summed E-state index contributed by atoms with van der Waals surface area (Å²) in [7, 11) is 0. The lowest BCUT2D eigenvalue weighted by molar-refractivity contribution is -0.385. The van der Waals surface area contributed by atoms with Crippen molar-refractivity contribution in [2.24, 2.45) is 0 Å². The van der Waals surface area contributed by atoms with E-state index in [1.165, 1.54) is 29.5 Å². The summed E-state index contributed by atoms with van der Waals surface area (Å²) < 4.78 is 0. The number of nitro groups is 1. The number of rotatable bonds is 4. The van der Waals surface area contributed by atoms with E-state index in [0.29, 0.717) is 20.9 Å². The highest BCUT2D eigenvalue weighted by Gasteiger charge is 2.20. The molecule has 9 heteroatoms. The number of carbonyl (C=O) groups is 1. The number of benzene rings is 2. The molecule has 1 amide bonds. The van der Waals surface area contributed by atoms with Crippen molar-refractivity contribution in [3.8, 4) is 11.3 Å². The van der Waals surface area contributed by atoms with Gasteiger partial charge in [-0.15, -0.1) is 11.3 Å². The predicted octanol–water partition coefficient (Wildman–Crippen LogP) is 5.28. The minimum absolute atomic E-state index is 0.0289. The van der Waals surface area contributed by atoms with Crippen molar-refractivity contribution < 1.29 is 9.72 Å². The molecule has 0 radical (unpaired) electrons. The van der Waals surface area contributed by atoms with Crippen LogP contribution in [0.1, 0.15) is 10.4 Å². The highest BCUT2D eigenvalue weighted by molar-refractivity contribution is 7.14. The first kappa shape index (κ1) is 17.3. The second kappa shape index (κ2) is 7.18. The Balaban J connectivity index is 1.83. The Hall–Kier alpha value is -2.48. The van der Waals surface area contributed by atoms with Crippen LogP contribution in [0, 0.1) is 10.1 Å². The van der Waals surface area contributed by atoms with Crippen LogP contribution in [0.2, 0.25) is 10.0 Å². The summed E-state index contributed by atoms with van der Waals surface area (Å²) in [6, 6.07) is 10.8. The van der Waals surface area contributed by atoms with Crippen LogP contribution in [0.15, 0.2) is 47.8 Å². The summed E-state index contributed by atoms with van der Waals surface area (Å²) in [4.78, 5) is 27.0. The molecule has 0 saturated heterocycles. The number of anilines is 1. The summed E-state index contributed by atoms with van der Waals surface area (Å²) in [5.41, 5.74) is 1.07. The monoisotopic (exact) mass is 393 g/mol. The molecule has 0 saturated carbocycles. The van der Waals surface area contributed by atoms with E-state index in [1.807, 2.05) is 0 Å². The molecule has 0 bridgehead atoms. The second-order valence-electron chi connectivity index (χ2n) is 4.90. The SMILES string of the molecule is O=C(Nc1nc(-c2ccc(Cl)c(Cl)c2)cs1)c1ccccc1[N+](=O)[O-]. The molecule has 0 unspecified atom stereocenters. The molecule has 126 valence electrons. The molecule has 1 aromatic heterocycles. The fourth-order valence-corrected chi connectivity index (χ4v) is 3.12. The van der Waals surface area contributed by atoms with Crippen LogP contribution in [0.3, 0.4) is 0 Å². The van der Waals surface area contributed by atoms with Crippen LogP contribution in [0.25, 0.3) is 11.3 Å². The molecule has 3 aromatic rings. The average Bonchev–Trinajstić information content (AvgIpc) is 3.05. The smallest absolute Gasteiger partial charge is 0.282 e. The first-order valence-corrected chi connectivity index (χ1v) is 8.55. The van der Waals surface area contributed by atoms with E-state index in [-0.39, 0.29) is 11.3 Å². The Morgan fingerprint density at radius 3 is 2.64 bits per heavy atom. The van der Waals surface area contributed by atoms with Gasteiger partial charge in [-0.1, -0.05) is 41.4 Å². The van der Waals surface area contributed by atoms with Gasteiger partial charge < -0.3 is 0 Å². The fourth-order valence-electron chi connectivity index (χ4n) is 2.11. The molecule has 0 fully saturated rings. The number of halogens is 2. The van der Waals surface area contributed by atoms with Gasteiger partial charge in [0.25, 0.3) is 11.6 Å². The third-order valence-corrected chi connectivity index (χ3v) is 4.78. The summed E-state index contributed by atoms with van der Waals surface area (Å²) >= 11 is 13.1. The van der Waals surface area contributed by atoms with Gasteiger partial charge in [0.05, 0.1) is 20.7 Å². The maximum absolute atomic E-state index is 12.3. The topological polar surface area (TPSA) is 85.1 Å². The van der Waals surface area contributed by atoms with Crippen LogP contribution in [0.5, 0.6) is 0 Å². The number of aromatic nitrogens is 1. The number of para-hydroxylation sites is 1. The number of hydrogen-bond acceptors (Lipinski definition) is 5. The Morgan fingerprint density at radius 2 is 1.92 bits per heavy atom. The normalized spacial score (nSPS) is 10.5. The van der Waals surface area contributed by atoms with Crippen molar-refractivity contribution in [1.29, 1.82) is 0 Å². The molecule has 6 nitrogen and oxygen atoms in total. The molecule has 0 aliphatic heterocycles. The maximum Gasteiger partial charge on any atom is 0.282 e. The number of nitrogens with one attached hydrogen (secondary N) is 1. The standard InChI is InChI=1S/C16H9Cl2N3O3S/c17-11-6-5-9(7-12(11)18)13-8-25-16(19-13)20-15(22)10-3-1-2-4-14(10)21(23)24/h1-8H,(H,19,20,22). The van der Waals surface area contributed by atoms with Gasteiger partial charge >= 0.3 is 0 Å². The molecule has 3 rings (SSSR count). The van der Waals surface area contributed by atoms with Gasteiger partial charge in [-0.3, -0.25) is 20.2 Å². The van der Waals surface area contributed by atoms with E-state index in [1.54, 1.807) is 29.6 Å². The summed E-state index contributed by atoms with van der Waals surface area (Å²) in [5, 5.41) is 16.5. The van der Waals surface area contributed by atoms with Gasteiger partial charge in [-0.2, -0.15) is 0 Å². The van der Waals surface area contributed by atoms with Crippen LogP contribution in [-0.4, -0.2) is 15.8 Å². The first-order chi connectivity index (χ1) is 12.0. The third kappa shape index (κ3) is 3.79. The molecule has 0 aliphatic rings. The Labute approximate surface area is 156 Å². The summed E-state index contributed by atoms with van der Waals surface area (Å²) in [6.07, 6.45) is 0. The van der Waals surface area contributed by atoms with E-state index in [0.717, 1.165) is 5.56 Å². The molecule has 0 spiro atoms. The quantitative estimate of drug-likeness (QED) is 0.482. The molecule has 2 aromatic carbocycles. The number of hydrogen-bond donors (Lipinski definition) is 1. The average molecular weight is 394 g/mol. The number of carbonyl (C=O) groups excluding carboxylic acids is 1. The van der Waals surface area contributed by atoms with Gasteiger partial charge in [0, 0.05) is 17.0 Å². The van der Waals surface area contributed by atoms with Crippen molar-refractivity contribution in [2.45, 2.75) is 0 Å². The zero-order valence-corrected chi connectivity index (χ0v) is 14.7. The Morgan fingerprint density at radius 1 is 1.16 bits per heavy atom. The van der Waals surface area contributed by atoms with Crippen molar-refractivity contribution in [3.05, 3.63) is 73.6 Å². The molecule has 0 atom stereocenters. The molecular formula is C16H9Cl2N3O3S. The minimum atomic E-state index is -0.599. The first-order valence-electron chi connectivity index (χ1n) is 6.91. The van der Waals surface area contributed by atoms with Crippen LogP contribution in [0.4, 0.5) is 10.8 Å². The lowest BCUT2D eigenvalue weighted by Gasteiger charge is -2.03. The van der Waals surface area contributed by atoms with Crippen molar-refractivity contribution in [3.63, 3.8) is 0 Å². The highest BCUT2D eigenvalue weighted by atomic mass is 35.5. The zero-order valence-electron chi connectivity index (χ0n) is 12.4. The van der Waals surface area contributed by atoms with Gasteiger partial charge in [-0.05, 0) is 18.2 Å². The van der Waals surface area contributed by atoms with E-state index in [2.05, 4.69) is 10.3 Å². The highest BCUT2D eigenvalue weighted by Crippen LogP contribution is 2.30. The van der Waals surface area contributed by atoms with Crippen molar-refractivity contribution in [2.75, 3.05) is 5.32 Å². The van der Waals surface area contributed by atoms with Crippen molar-refractivity contribution >= 4 is 51.3 Å². The van der Waals surface area contributed by atoms with Gasteiger partial charge in [0.1, 0.15) is 5.56 Å². The Bertz CT molecular complexity index is 975. The third-order valence-electron chi connectivity index (χ3n) is 3.29. The van der Waals surface area contributed by atoms with Gasteiger partial charge in [0.2, 0.25) is 0 Å². The van der Waals surface area contributed by atoms with E-state index in [4.69, 9.17) is 23.2 Å². The lowest BCUT2D eigenvalue weighted by Crippen LogP contribution is -2.13. The maximum atomic E-state index is 12.3. The zero-order chi connectivity index (χ0) is 18.0. The molecule has 0 aliphatic carbocycles. The van der Waals surface area contributed by atoms with E-state index in [9.17, 15) is 14.9 Å². The van der Waals surface area contributed by atoms with Gasteiger partial charge in [0.15, 0.2) is 5.13 Å². The van der Waals surface area contributed by atoms with Gasteiger partial charge in [-0.25, -0.2) is 4.98 Å². The molecule has 1 N–H and O–H groups in total. The lowest BCUT2D eigenvalue weighted by atomic mass is 10.1. The van der Waals surface area contributed by atoms with Crippen LogP contribution >= 0.6 is 34.5 Å². The minimum Gasteiger partial charge on any atom is -0.298 e. The number of thiazole rings is 1. The van der Waals surface area contributed by atoms with Crippen molar-refractivity contribution in [1.82, 2.24) is 4.98 Å².